The topological polar surface area (TPSA) is 73.6 Å². The van der Waals surface area contributed by atoms with Gasteiger partial charge in [0.25, 0.3) is 0 Å². The Morgan fingerprint density at radius 2 is 2.09 bits per heavy atom. The normalized spacial score (nSPS) is 13.8. The molecular formula is C17H20N2O4. The molecule has 0 bridgehead atoms. The summed E-state index contributed by atoms with van der Waals surface area (Å²) in [4.78, 5) is 16.0. The molecule has 0 atom stereocenters. The third kappa shape index (κ3) is 4.10. The molecule has 1 amide bonds. The van der Waals surface area contributed by atoms with Gasteiger partial charge in [-0.1, -0.05) is 0 Å². The van der Waals surface area contributed by atoms with Gasteiger partial charge >= 0.3 is 0 Å². The van der Waals surface area contributed by atoms with Crippen LogP contribution in [0.2, 0.25) is 0 Å². The number of hydrogen-bond acceptors (Lipinski definition) is 5. The first-order chi connectivity index (χ1) is 11.2. The van der Waals surface area contributed by atoms with Crippen molar-refractivity contribution in [2.75, 3.05) is 13.7 Å². The molecule has 6 heteroatoms. The number of benzene rings is 1. The third-order valence-electron chi connectivity index (χ3n) is 3.64. The molecule has 1 aliphatic carbocycles. The minimum absolute atomic E-state index is 0.0423. The van der Waals surface area contributed by atoms with Gasteiger partial charge in [0, 0.05) is 11.6 Å². The summed E-state index contributed by atoms with van der Waals surface area (Å²) in [7, 11) is 1.62. The highest BCUT2D eigenvalue weighted by Crippen LogP contribution is 2.24. The zero-order chi connectivity index (χ0) is 16.2. The summed E-state index contributed by atoms with van der Waals surface area (Å²) >= 11 is 0. The van der Waals surface area contributed by atoms with Crippen molar-refractivity contribution in [2.45, 2.75) is 32.4 Å². The van der Waals surface area contributed by atoms with Crippen LogP contribution in [0.15, 0.2) is 28.7 Å². The second-order valence-corrected chi connectivity index (χ2v) is 5.58. The molecule has 0 spiro atoms. The molecule has 122 valence electrons. The SMILES string of the molecule is COc1ccc(-c2nc(COCC(=O)NC3CC3)c(C)o2)cc1. The molecule has 0 saturated heterocycles. The maximum absolute atomic E-state index is 11.6. The van der Waals surface area contributed by atoms with Crippen molar-refractivity contribution in [3.8, 4) is 17.2 Å². The largest absolute Gasteiger partial charge is 0.497 e. The van der Waals surface area contributed by atoms with Crippen LogP contribution in [0.1, 0.15) is 24.3 Å². The van der Waals surface area contributed by atoms with Gasteiger partial charge in [-0.05, 0) is 44.0 Å². The fraction of sp³-hybridized carbons (Fsp3) is 0.412. The van der Waals surface area contributed by atoms with Crippen molar-refractivity contribution >= 4 is 5.91 Å². The lowest BCUT2D eigenvalue weighted by Crippen LogP contribution is -2.29. The molecule has 1 N–H and O–H groups in total. The standard InChI is InChI=1S/C17H20N2O4/c1-11-15(9-22-10-16(20)18-13-5-6-13)19-17(23-11)12-3-7-14(21-2)8-4-12/h3-4,7-8,13H,5-6,9-10H2,1-2H3,(H,18,20). The molecule has 0 radical (unpaired) electrons. The minimum atomic E-state index is -0.0796. The Bertz CT molecular complexity index is 674. The van der Waals surface area contributed by atoms with Gasteiger partial charge < -0.3 is 19.2 Å². The van der Waals surface area contributed by atoms with E-state index in [-0.39, 0.29) is 19.1 Å². The van der Waals surface area contributed by atoms with E-state index >= 15 is 0 Å². The van der Waals surface area contributed by atoms with Gasteiger partial charge in [-0.15, -0.1) is 0 Å². The van der Waals surface area contributed by atoms with Crippen molar-refractivity contribution in [3.63, 3.8) is 0 Å². The van der Waals surface area contributed by atoms with Gasteiger partial charge in [-0.25, -0.2) is 4.98 Å². The Hall–Kier alpha value is -2.34. The number of ether oxygens (including phenoxy) is 2. The first kappa shape index (κ1) is 15.6. The summed E-state index contributed by atoms with van der Waals surface area (Å²) in [6.45, 7) is 2.13. The maximum Gasteiger partial charge on any atom is 0.246 e. The fourth-order valence-corrected chi connectivity index (χ4v) is 2.16. The van der Waals surface area contributed by atoms with Gasteiger partial charge in [-0.2, -0.15) is 0 Å². The predicted octanol–water partition coefficient (Wildman–Crippen LogP) is 2.45. The van der Waals surface area contributed by atoms with Gasteiger partial charge in [-0.3, -0.25) is 4.79 Å². The van der Waals surface area contributed by atoms with Crippen LogP contribution in [0, 0.1) is 6.92 Å². The van der Waals surface area contributed by atoms with Crippen LogP contribution >= 0.6 is 0 Å². The van der Waals surface area contributed by atoms with Crippen LogP contribution in [-0.4, -0.2) is 30.6 Å². The second kappa shape index (κ2) is 6.83. The summed E-state index contributed by atoms with van der Waals surface area (Å²) < 4.78 is 16.2. The van der Waals surface area contributed by atoms with Crippen molar-refractivity contribution in [3.05, 3.63) is 35.7 Å². The quantitative estimate of drug-likeness (QED) is 0.849. The molecule has 1 saturated carbocycles. The van der Waals surface area contributed by atoms with Crippen LogP contribution in [0.4, 0.5) is 0 Å². The number of nitrogens with zero attached hydrogens (tertiary/aromatic N) is 1. The Morgan fingerprint density at radius 3 is 2.74 bits per heavy atom. The number of rotatable bonds is 7. The van der Waals surface area contributed by atoms with Crippen molar-refractivity contribution in [1.29, 1.82) is 0 Å². The van der Waals surface area contributed by atoms with E-state index in [0.717, 1.165) is 24.2 Å². The summed E-state index contributed by atoms with van der Waals surface area (Å²) in [5.41, 5.74) is 1.57. The molecule has 3 rings (SSSR count). The summed E-state index contributed by atoms with van der Waals surface area (Å²) in [6.07, 6.45) is 2.14. The molecule has 1 aromatic heterocycles. The third-order valence-corrected chi connectivity index (χ3v) is 3.64. The Kier molecular flexibility index (Phi) is 4.62. The highest BCUT2D eigenvalue weighted by atomic mass is 16.5. The fourth-order valence-electron chi connectivity index (χ4n) is 2.16. The number of amides is 1. The first-order valence-electron chi connectivity index (χ1n) is 7.63. The molecule has 6 nitrogen and oxygen atoms in total. The summed E-state index contributed by atoms with van der Waals surface area (Å²) in [6, 6.07) is 7.83. The molecule has 2 aromatic rings. The van der Waals surface area contributed by atoms with Gasteiger partial charge in [0.1, 0.15) is 23.8 Å². The smallest absolute Gasteiger partial charge is 0.246 e. The van der Waals surface area contributed by atoms with Crippen LogP contribution < -0.4 is 10.1 Å². The predicted molar refractivity (Wildman–Crippen MR) is 84.0 cm³/mol. The van der Waals surface area contributed by atoms with E-state index in [0.29, 0.717) is 23.4 Å². The summed E-state index contributed by atoms with van der Waals surface area (Å²) in [5.74, 6) is 1.93. The van der Waals surface area contributed by atoms with Crippen molar-refractivity contribution in [2.24, 2.45) is 0 Å². The molecule has 0 unspecified atom stereocenters. The van der Waals surface area contributed by atoms with Crippen LogP contribution in [0.3, 0.4) is 0 Å². The van der Waals surface area contributed by atoms with Gasteiger partial charge in [0.15, 0.2) is 0 Å². The van der Waals surface area contributed by atoms with E-state index in [4.69, 9.17) is 13.9 Å². The lowest BCUT2D eigenvalue weighted by molar-refractivity contribution is -0.126. The minimum Gasteiger partial charge on any atom is -0.497 e. The Labute approximate surface area is 134 Å². The lowest BCUT2D eigenvalue weighted by atomic mass is 10.2. The lowest BCUT2D eigenvalue weighted by Gasteiger charge is -2.03. The van der Waals surface area contributed by atoms with E-state index < -0.39 is 0 Å². The number of hydrogen-bond donors (Lipinski definition) is 1. The molecular weight excluding hydrogens is 296 g/mol. The molecule has 1 aliphatic rings. The van der Waals surface area contributed by atoms with Crippen LogP contribution in [0.5, 0.6) is 5.75 Å². The monoisotopic (exact) mass is 316 g/mol. The van der Waals surface area contributed by atoms with Crippen molar-refractivity contribution < 1.29 is 18.7 Å². The van der Waals surface area contributed by atoms with E-state index in [1.165, 1.54) is 0 Å². The number of oxazole rings is 1. The van der Waals surface area contributed by atoms with Crippen LogP contribution in [-0.2, 0) is 16.1 Å². The molecule has 1 aromatic carbocycles. The number of aryl methyl sites for hydroxylation is 1. The van der Waals surface area contributed by atoms with Gasteiger partial charge in [0.2, 0.25) is 11.8 Å². The second-order valence-electron chi connectivity index (χ2n) is 5.58. The van der Waals surface area contributed by atoms with E-state index in [2.05, 4.69) is 10.3 Å². The Balaban J connectivity index is 1.57. The van der Waals surface area contributed by atoms with Gasteiger partial charge in [0.05, 0.1) is 13.7 Å². The number of methoxy groups -OCH3 is 1. The number of nitrogens with one attached hydrogen (secondary N) is 1. The van der Waals surface area contributed by atoms with Crippen molar-refractivity contribution in [1.82, 2.24) is 10.3 Å². The zero-order valence-corrected chi connectivity index (χ0v) is 13.3. The zero-order valence-electron chi connectivity index (χ0n) is 13.3. The van der Waals surface area contributed by atoms with Crippen LogP contribution in [0.25, 0.3) is 11.5 Å². The van der Waals surface area contributed by atoms with E-state index in [1.54, 1.807) is 7.11 Å². The molecule has 1 heterocycles. The van der Waals surface area contributed by atoms with E-state index in [9.17, 15) is 4.79 Å². The highest BCUT2D eigenvalue weighted by molar-refractivity contribution is 5.77. The molecule has 1 fully saturated rings. The molecule has 0 aliphatic heterocycles. The Morgan fingerprint density at radius 1 is 1.35 bits per heavy atom. The first-order valence-corrected chi connectivity index (χ1v) is 7.63. The summed E-state index contributed by atoms with van der Waals surface area (Å²) in [5, 5.41) is 2.88. The number of carbonyl (C=O) groups is 1. The average molecular weight is 316 g/mol. The molecule has 23 heavy (non-hydrogen) atoms. The van der Waals surface area contributed by atoms with E-state index in [1.807, 2.05) is 31.2 Å². The average Bonchev–Trinajstić information content (AvgIpc) is 3.29. The number of aromatic nitrogens is 1. The number of carbonyl (C=O) groups excluding carboxylic acids is 1. The maximum atomic E-state index is 11.6. The highest BCUT2D eigenvalue weighted by Gasteiger charge is 2.23.